The van der Waals surface area contributed by atoms with Gasteiger partial charge in [0.15, 0.2) is 0 Å². The molecule has 2 N–H and O–H groups in total. The molecule has 0 spiro atoms. The van der Waals surface area contributed by atoms with E-state index in [0.717, 1.165) is 32.1 Å². The predicted octanol–water partition coefficient (Wildman–Crippen LogP) is 1.44. The SMILES string of the molecule is C[C@H](C[NH2+]C[C@H]1CCCO1)COc1ccccc1. The zero-order chi connectivity index (χ0) is 12.6. The van der Waals surface area contributed by atoms with Gasteiger partial charge in [0.05, 0.1) is 13.2 Å². The van der Waals surface area contributed by atoms with Gasteiger partial charge in [0, 0.05) is 12.5 Å². The lowest BCUT2D eigenvalue weighted by molar-refractivity contribution is -0.665. The van der Waals surface area contributed by atoms with Crippen molar-refractivity contribution in [1.82, 2.24) is 0 Å². The van der Waals surface area contributed by atoms with Crippen LogP contribution in [0.15, 0.2) is 30.3 Å². The third-order valence-corrected chi connectivity index (χ3v) is 3.30. The largest absolute Gasteiger partial charge is 0.493 e. The summed E-state index contributed by atoms with van der Waals surface area (Å²) in [6.07, 6.45) is 2.93. The summed E-state index contributed by atoms with van der Waals surface area (Å²) in [6.45, 7) is 6.16. The Labute approximate surface area is 109 Å². The van der Waals surface area contributed by atoms with Crippen LogP contribution >= 0.6 is 0 Å². The van der Waals surface area contributed by atoms with Gasteiger partial charge in [-0.1, -0.05) is 25.1 Å². The van der Waals surface area contributed by atoms with Gasteiger partial charge < -0.3 is 14.8 Å². The van der Waals surface area contributed by atoms with Crippen LogP contribution in [0.3, 0.4) is 0 Å². The van der Waals surface area contributed by atoms with Crippen LogP contribution in [-0.4, -0.2) is 32.4 Å². The lowest BCUT2D eigenvalue weighted by Gasteiger charge is -2.13. The maximum Gasteiger partial charge on any atom is 0.119 e. The van der Waals surface area contributed by atoms with E-state index < -0.39 is 0 Å². The number of rotatable bonds is 7. The highest BCUT2D eigenvalue weighted by Crippen LogP contribution is 2.10. The zero-order valence-electron chi connectivity index (χ0n) is 11.2. The predicted molar refractivity (Wildman–Crippen MR) is 71.7 cm³/mol. The summed E-state index contributed by atoms with van der Waals surface area (Å²) in [5, 5.41) is 2.36. The first-order valence-corrected chi connectivity index (χ1v) is 6.95. The molecule has 0 aromatic heterocycles. The molecule has 3 heteroatoms. The van der Waals surface area contributed by atoms with Crippen molar-refractivity contribution in [3.8, 4) is 5.75 Å². The van der Waals surface area contributed by atoms with Crippen LogP contribution in [0.1, 0.15) is 19.8 Å². The molecular formula is C15H24NO2+. The summed E-state index contributed by atoms with van der Waals surface area (Å²) >= 11 is 0. The molecule has 0 radical (unpaired) electrons. The van der Waals surface area contributed by atoms with E-state index in [2.05, 4.69) is 12.2 Å². The zero-order valence-corrected chi connectivity index (χ0v) is 11.2. The molecule has 1 aliphatic rings. The van der Waals surface area contributed by atoms with Gasteiger partial charge in [-0.3, -0.25) is 0 Å². The third kappa shape index (κ3) is 4.67. The van der Waals surface area contributed by atoms with Gasteiger partial charge in [0.1, 0.15) is 18.4 Å². The number of quaternary nitrogens is 1. The number of ether oxygens (including phenoxy) is 2. The molecule has 1 aromatic rings. The molecule has 0 amide bonds. The lowest BCUT2D eigenvalue weighted by Crippen LogP contribution is -2.87. The molecule has 100 valence electrons. The van der Waals surface area contributed by atoms with E-state index in [9.17, 15) is 0 Å². The fraction of sp³-hybridized carbons (Fsp3) is 0.600. The maximum atomic E-state index is 5.74. The molecule has 18 heavy (non-hydrogen) atoms. The molecule has 0 unspecified atom stereocenters. The highest BCUT2D eigenvalue weighted by atomic mass is 16.5. The van der Waals surface area contributed by atoms with Crippen molar-refractivity contribution in [1.29, 1.82) is 0 Å². The van der Waals surface area contributed by atoms with Crippen molar-refractivity contribution < 1.29 is 14.8 Å². The van der Waals surface area contributed by atoms with Crippen LogP contribution in [0.2, 0.25) is 0 Å². The van der Waals surface area contributed by atoms with Crippen LogP contribution in [0.4, 0.5) is 0 Å². The Morgan fingerprint density at radius 1 is 1.39 bits per heavy atom. The van der Waals surface area contributed by atoms with Gasteiger partial charge >= 0.3 is 0 Å². The third-order valence-electron chi connectivity index (χ3n) is 3.30. The van der Waals surface area contributed by atoms with Crippen molar-refractivity contribution in [3.05, 3.63) is 30.3 Å². The fourth-order valence-corrected chi connectivity index (χ4v) is 2.22. The molecule has 2 atom stereocenters. The van der Waals surface area contributed by atoms with Crippen molar-refractivity contribution in [2.24, 2.45) is 5.92 Å². The fourth-order valence-electron chi connectivity index (χ4n) is 2.22. The van der Waals surface area contributed by atoms with Crippen molar-refractivity contribution in [2.45, 2.75) is 25.9 Å². The summed E-state index contributed by atoms with van der Waals surface area (Å²) < 4.78 is 11.3. The van der Waals surface area contributed by atoms with Crippen molar-refractivity contribution in [3.63, 3.8) is 0 Å². The smallest absolute Gasteiger partial charge is 0.119 e. The van der Waals surface area contributed by atoms with Gasteiger partial charge in [-0.15, -0.1) is 0 Å². The molecule has 3 nitrogen and oxygen atoms in total. The molecule has 1 heterocycles. The number of hydrogen-bond donors (Lipinski definition) is 1. The second-order valence-corrected chi connectivity index (χ2v) is 5.12. The quantitative estimate of drug-likeness (QED) is 0.795. The highest BCUT2D eigenvalue weighted by molar-refractivity contribution is 5.20. The van der Waals surface area contributed by atoms with E-state index in [0.29, 0.717) is 12.0 Å². The Bertz CT molecular complexity index is 323. The van der Waals surface area contributed by atoms with Crippen molar-refractivity contribution >= 4 is 0 Å². The first-order valence-electron chi connectivity index (χ1n) is 6.95. The summed E-state index contributed by atoms with van der Waals surface area (Å²) in [5.41, 5.74) is 0. The second-order valence-electron chi connectivity index (χ2n) is 5.12. The molecule has 1 fully saturated rings. The summed E-state index contributed by atoms with van der Waals surface area (Å²) in [5.74, 6) is 1.52. The minimum absolute atomic E-state index is 0.479. The Morgan fingerprint density at radius 2 is 2.22 bits per heavy atom. The standard InChI is InChI=1S/C15H23NO2/c1-13(10-16-11-15-8-5-9-17-15)12-18-14-6-3-2-4-7-14/h2-4,6-7,13,15-16H,5,8-12H2,1H3/p+1/t13-,15-/m1/s1. The topological polar surface area (TPSA) is 35.1 Å². The number of hydrogen-bond acceptors (Lipinski definition) is 2. The average molecular weight is 250 g/mol. The molecule has 0 aliphatic carbocycles. The highest BCUT2D eigenvalue weighted by Gasteiger charge is 2.17. The Kier molecular flexibility index (Phi) is 5.49. The van der Waals surface area contributed by atoms with E-state index >= 15 is 0 Å². The minimum atomic E-state index is 0.479. The van der Waals surface area contributed by atoms with Crippen LogP contribution in [0.5, 0.6) is 5.75 Å². The number of para-hydroxylation sites is 1. The molecule has 1 aromatic carbocycles. The monoisotopic (exact) mass is 250 g/mol. The molecule has 1 saturated heterocycles. The Balaban J connectivity index is 1.56. The summed E-state index contributed by atoms with van der Waals surface area (Å²) in [4.78, 5) is 0. The van der Waals surface area contributed by atoms with Crippen LogP contribution in [0, 0.1) is 5.92 Å². The minimum Gasteiger partial charge on any atom is -0.493 e. The van der Waals surface area contributed by atoms with Gasteiger partial charge in [0.25, 0.3) is 0 Å². The lowest BCUT2D eigenvalue weighted by atomic mass is 10.2. The molecular weight excluding hydrogens is 226 g/mol. The molecule has 2 rings (SSSR count). The van der Waals surface area contributed by atoms with Crippen LogP contribution in [-0.2, 0) is 4.74 Å². The molecule has 0 bridgehead atoms. The maximum absolute atomic E-state index is 5.74. The van der Waals surface area contributed by atoms with E-state index in [1.165, 1.54) is 12.8 Å². The summed E-state index contributed by atoms with van der Waals surface area (Å²) in [7, 11) is 0. The van der Waals surface area contributed by atoms with Gasteiger partial charge in [-0.2, -0.15) is 0 Å². The van der Waals surface area contributed by atoms with E-state index in [1.807, 2.05) is 30.3 Å². The van der Waals surface area contributed by atoms with Crippen LogP contribution < -0.4 is 10.1 Å². The van der Waals surface area contributed by atoms with Crippen molar-refractivity contribution in [2.75, 3.05) is 26.3 Å². The normalized spacial score (nSPS) is 20.8. The van der Waals surface area contributed by atoms with Gasteiger partial charge in [0.2, 0.25) is 0 Å². The number of benzene rings is 1. The first-order chi connectivity index (χ1) is 8.84. The van der Waals surface area contributed by atoms with Gasteiger partial charge in [-0.05, 0) is 25.0 Å². The second kappa shape index (κ2) is 7.39. The summed E-state index contributed by atoms with van der Waals surface area (Å²) in [6, 6.07) is 10.0. The molecule has 0 saturated carbocycles. The Hall–Kier alpha value is -1.06. The first kappa shape index (κ1) is 13.4. The Morgan fingerprint density at radius 3 is 2.94 bits per heavy atom. The van der Waals surface area contributed by atoms with Gasteiger partial charge in [-0.25, -0.2) is 0 Å². The van der Waals surface area contributed by atoms with Crippen LogP contribution in [0.25, 0.3) is 0 Å². The number of nitrogens with two attached hydrogens (primary N) is 1. The van der Waals surface area contributed by atoms with E-state index in [1.54, 1.807) is 0 Å². The molecule has 1 aliphatic heterocycles. The average Bonchev–Trinajstić information content (AvgIpc) is 2.91. The van der Waals surface area contributed by atoms with E-state index in [4.69, 9.17) is 9.47 Å². The van der Waals surface area contributed by atoms with E-state index in [-0.39, 0.29) is 0 Å².